The van der Waals surface area contributed by atoms with Gasteiger partial charge in [-0.15, -0.1) is 0 Å². The molecular formula is C41H30N2. The van der Waals surface area contributed by atoms with E-state index in [-0.39, 0.29) is 5.41 Å². The summed E-state index contributed by atoms with van der Waals surface area (Å²) in [5.74, 6) is 0.731. The molecule has 1 heterocycles. The Morgan fingerprint density at radius 2 is 0.907 bits per heavy atom. The van der Waals surface area contributed by atoms with Crippen LogP contribution in [0.5, 0.6) is 0 Å². The normalized spacial score (nSPS) is 13.1. The molecule has 204 valence electrons. The van der Waals surface area contributed by atoms with Gasteiger partial charge in [0, 0.05) is 22.1 Å². The standard InChI is InChI=1S/C41H30N2/c1-41(2)36-23-12-11-20-32(36)34-22-13-21-33(39(34)41)31-24-25-35(30-19-10-9-18-29(30)31)40-42-37(27-14-5-3-6-15-27)26-38(43-40)28-16-7-4-8-17-28/h3-26H,1-2H3. The molecule has 7 aromatic rings. The molecule has 0 saturated carbocycles. The molecule has 0 spiro atoms. The largest absolute Gasteiger partial charge is 0.228 e. The van der Waals surface area contributed by atoms with Gasteiger partial charge >= 0.3 is 0 Å². The van der Waals surface area contributed by atoms with E-state index in [9.17, 15) is 0 Å². The predicted molar refractivity (Wildman–Crippen MR) is 179 cm³/mol. The number of hydrogen-bond donors (Lipinski definition) is 0. The Labute approximate surface area is 252 Å². The molecule has 0 radical (unpaired) electrons. The van der Waals surface area contributed by atoms with E-state index < -0.39 is 0 Å². The van der Waals surface area contributed by atoms with Crippen molar-refractivity contribution in [3.8, 4) is 56.2 Å². The Bertz CT molecular complexity index is 2090. The number of benzene rings is 6. The van der Waals surface area contributed by atoms with E-state index in [1.54, 1.807) is 0 Å². The van der Waals surface area contributed by atoms with Crippen LogP contribution in [0.3, 0.4) is 0 Å². The van der Waals surface area contributed by atoms with Crippen LogP contribution in [0.25, 0.3) is 66.9 Å². The van der Waals surface area contributed by atoms with Crippen molar-refractivity contribution in [2.24, 2.45) is 0 Å². The Balaban J connectivity index is 1.35. The molecule has 0 aliphatic heterocycles. The number of rotatable bonds is 4. The first kappa shape index (κ1) is 25.4. The topological polar surface area (TPSA) is 25.8 Å². The first-order valence-electron chi connectivity index (χ1n) is 14.9. The molecule has 0 fully saturated rings. The van der Waals surface area contributed by atoms with Crippen molar-refractivity contribution in [3.05, 3.63) is 157 Å². The Morgan fingerprint density at radius 1 is 0.419 bits per heavy atom. The second kappa shape index (κ2) is 9.89. The highest BCUT2D eigenvalue weighted by molar-refractivity contribution is 6.06. The fraction of sp³-hybridized carbons (Fsp3) is 0.0732. The Hall–Kier alpha value is -5.34. The summed E-state index contributed by atoms with van der Waals surface area (Å²) in [4.78, 5) is 10.3. The summed E-state index contributed by atoms with van der Waals surface area (Å²) in [6.45, 7) is 4.71. The highest BCUT2D eigenvalue weighted by atomic mass is 14.9. The molecule has 2 heteroatoms. The van der Waals surface area contributed by atoms with Crippen LogP contribution < -0.4 is 0 Å². The number of nitrogens with zero attached hydrogens (tertiary/aromatic N) is 2. The van der Waals surface area contributed by atoms with Crippen LogP contribution in [0, 0.1) is 0 Å². The fourth-order valence-electron chi connectivity index (χ4n) is 6.88. The zero-order chi connectivity index (χ0) is 29.0. The lowest BCUT2D eigenvalue weighted by Crippen LogP contribution is -2.16. The van der Waals surface area contributed by atoms with E-state index in [0.29, 0.717) is 0 Å². The number of fused-ring (bicyclic) bond motifs is 4. The zero-order valence-electron chi connectivity index (χ0n) is 24.3. The lowest BCUT2D eigenvalue weighted by atomic mass is 9.78. The van der Waals surface area contributed by atoms with Crippen LogP contribution >= 0.6 is 0 Å². The molecule has 6 aromatic carbocycles. The second-order valence-corrected chi connectivity index (χ2v) is 11.8. The third-order valence-corrected chi connectivity index (χ3v) is 8.90. The summed E-state index contributed by atoms with van der Waals surface area (Å²) < 4.78 is 0. The molecule has 0 unspecified atom stereocenters. The summed E-state index contributed by atoms with van der Waals surface area (Å²) in [6.07, 6.45) is 0. The van der Waals surface area contributed by atoms with Gasteiger partial charge in [0.2, 0.25) is 0 Å². The quantitative estimate of drug-likeness (QED) is 0.218. The minimum absolute atomic E-state index is 0.0972. The molecular weight excluding hydrogens is 520 g/mol. The fourth-order valence-corrected chi connectivity index (χ4v) is 6.88. The summed E-state index contributed by atoms with van der Waals surface area (Å²) in [5.41, 5.74) is 12.9. The van der Waals surface area contributed by atoms with Gasteiger partial charge in [-0.3, -0.25) is 0 Å². The van der Waals surface area contributed by atoms with Crippen LogP contribution in [-0.4, -0.2) is 9.97 Å². The molecule has 0 saturated heterocycles. The van der Waals surface area contributed by atoms with Crippen LogP contribution in [0.1, 0.15) is 25.0 Å². The molecule has 43 heavy (non-hydrogen) atoms. The van der Waals surface area contributed by atoms with Gasteiger partial charge in [0.15, 0.2) is 5.82 Å². The maximum Gasteiger partial charge on any atom is 0.161 e. The van der Waals surface area contributed by atoms with Gasteiger partial charge in [0.05, 0.1) is 11.4 Å². The molecule has 0 amide bonds. The minimum atomic E-state index is -0.0972. The number of aromatic nitrogens is 2. The first-order valence-corrected chi connectivity index (χ1v) is 14.9. The molecule has 0 N–H and O–H groups in total. The predicted octanol–water partition coefficient (Wildman–Crippen LogP) is 10.6. The monoisotopic (exact) mass is 550 g/mol. The van der Waals surface area contributed by atoms with E-state index in [0.717, 1.165) is 39.3 Å². The van der Waals surface area contributed by atoms with Gasteiger partial charge < -0.3 is 0 Å². The molecule has 1 aromatic heterocycles. The summed E-state index contributed by atoms with van der Waals surface area (Å²) in [7, 11) is 0. The van der Waals surface area contributed by atoms with Crippen LogP contribution in [0.4, 0.5) is 0 Å². The SMILES string of the molecule is CC1(C)c2ccccc2-c2cccc(-c3ccc(-c4nc(-c5ccccc5)cc(-c5ccccc5)n4)c4ccccc34)c21. The van der Waals surface area contributed by atoms with Crippen LogP contribution in [-0.2, 0) is 5.41 Å². The summed E-state index contributed by atoms with van der Waals surface area (Å²) >= 11 is 0. The third kappa shape index (κ3) is 4.10. The van der Waals surface area contributed by atoms with Gasteiger partial charge in [-0.25, -0.2) is 9.97 Å². The zero-order valence-corrected chi connectivity index (χ0v) is 24.3. The van der Waals surface area contributed by atoms with Gasteiger partial charge in [0.1, 0.15) is 0 Å². The van der Waals surface area contributed by atoms with Gasteiger partial charge in [-0.05, 0) is 56.3 Å². The van der Waals surface area contributed by atoms with Gasteiger partial charge in [-0.1, -0.05) is 147 Å². The maximum absolute atomic E-state index is 5.15. The van der Waals surface area contributed by atoms with E-state index >= 15 is 0 Å². The third-order valence-electron chi connectivity index (χ3n) is 8.90. The average Bonchev–Trinajstić information content (AvgIpc) is 3.31. The Kier molecular flexibility index (Phi) is 5.84. The molecule has 0 bridgehead atoms. The lowest BCUT2D eigenvalue weighted by molar-refractivity contribution is 0.662. The molecule has 2 nitrogen and oxygen atoms in total. The van der Waals surface area contributed by atoms with E-state index in [1.807, 2.05) is 12.1 Å². The van der Waals surface area contributed by atoms with Crippen molar-refractivity contribution in [3.63, 3.8) is 0 Å². The highest BCUT2D eigenvalue weighted by Gasteiger charge is 2.37. The highest BCUT2D eigenvalue weighted by Crippen LogP contribution is 2.52. The van der Waals surface area contributed by atoms with Gasteiger partial charge in [0.25, 0.3) is 0 Å². The average molecular weight is 551 g/mol. The van der Waals surface area contributed by atoms with Crippen molar-refractivity contribution in [1.82, 2.24) is 9.97 Å². The summed E-state index contributed by atoms with van der Waals surface area (Å²) in [6, 6.07) is 51.6. The van der Waals surface area contributed by atoms with Crippen molar-refractivity contribution in [1.29, 1.82) is 0 Å². The first-order chi connectivity index (χ1) is 21.1. The minimum Gasteiger partial charge on any atom is -0.228 e. The number of hydrogen-bond acceptors (Lipinski definition) is 2. The van der Waals surface area contributed by atoms with Crippen molar-refractivity contribution in [2.45, 2.75) is 19.3 Å². The molecule has 0 atom stereocenters. The van der Waals surface area contributed by atoms with Crippen LogP contribution in [0.2, 0.25) is 0 Å². The van der Waals surface area contributed by atoms with Crippen molar-refractivity contribution >= 4 is 10.8 Å². The smallest absolute Gasteiger partial charge is 0.161 e. The Morgan fingerprint density at radius 3 is 1.56 bits per heavy atom. The van der Waals surface area contributed by atoms with Crippen LogP contribution in [0.15, 0.2) is 146 Å². The van der Waals surface area contributed by atoms with Crippen molar-refractivity contribution in [2.75, 3.05) is 0 Å². The maximum atomic E-state index is 5.15. The lowest BCUT2D eigenvalue weighted by Gasteiger charge is -2.25. The second-order valence-electron chi connectivity index (χ2n) is 11.8. The van der Waals surface area contributed by atoms with Gasteiger partial charge in [-0.2, -0.15) is 0 Å². The van der Waals surface area contributed by atoms with E-state index in [4.69, 9.17) is 9.97 Å². The summed E-state index contributed by atoms with van der Waals surface area (Å²) in [5, 5.41) is 2.35. The molecule has 1 aliphatic rings. The molecule has 8 rings (SSSR count). The van der Waals surface area contributed by atoms with E-state index in [1.165, 1.54) is 38.8 Å². The molecule has 1 aliphatic carbocycles. The van der Waals surface area contributed by atoms with E-state index in [2.05, 4.69) is 147 Å². The van der Waals surface area contributed by atoms with Crippen molar-refractivity contribution < 1.29 is 0 Å².